The number of rotatable bonds is 4. The van der Waals surface area contributed by atoms with Crippen LogP contribution in [0.25, 0.3) is 0 Å². The van der Waals surface area contributed by atoms with Gasteiger partial charge in [0, 0.05) is 6.04 Å². The van der Waals surface area contributed by atoms with Gasteiger partial charge in [-0.3, -0.25) is 0 Å². The molecule has 4 heteroatoms. The highest BCUT2D eigenvalue weighted by Crippen LogP contribution is 2.24. The molecule has 2 rings (SSSR count). The molecule has 3 nitrogen and oxygen atoms in total. The van der Waals surface area contributed by atoms with Gasteiger partial charge >= 0.3 is 0 Å². The Morgan fingerprint density at radius 3 is 2.72 bits per heavy atom. The van der Waals surface area contributed by atoms with E-state index in [9.17, 15) is 9.50 Å². The van der Waals surface area contributed by atoms with E-state index in [1.165, 1.54) is 0 Å². The Morgan fingerprint density at radius 2 is 2.06 bits per heavy atom. The van der Waals surface area contributed by atoms with Gasteiger partial charge in [-0.25, -0.2) is 4.39 Å². The first-order chi connectivity index (χ1) is 8.66. The average molecular weight is 253 g/mol. The van der Waals surface area contributed by atoms with Crippen LogP contribution in [0.5, 0.6) is 0 Å². The van der Waals surface area contributed by atoms with E-state index in [1.807, 2.05) is 30.3 Å². The SMILES string of the molecule is N[C@H]1CC[C@H](OCC(O)c2ccccc2)[C@@H](F)C1. The zero-order valence-electron chi connectivity index (χ0n) is 10.3. The third-order valence-corrected chi connectivity index (χ3v) is 3.41. The van der Waals surface area contributed by atoms with E-state index in [1.54, 1.807) is 0 Å². The summed E-state index contributed by atoms with van der Waals surface area (Å²) in [4.78, 5) is 0. The number of aliphatic hydroxyl groups excluding tert-OH is 1. The van der Waals surface area contributed by atoms with Crippen LogP contribution in [0.4, 0.5) is 4.39 Å². The van der Waals surface area contributed by atoms with Crippen LogP contribution < -0.4 is 5.73 Å². The molecule has 3 N–H and O–H groups in total. The van der Waals surface area contributed by atoms with E-state index in [-0.39, 0.29) is 12.6 Å². The van der Waals surface area contributed by atoms with Gasteiger partial charge in [0.1, 0.15) is 12.3 Å². The molecule has 1 aromatic rings. The summed E-state index contributed by atoms with van der Waals surface area (Å²) in [5.41, 5.74) is 6.48. The zero-order valence-corrected chi connectivity index (χ0v) is 10.3. The highest BCUT2D eigenvalue weighted by molar-refractivity contribution is 5.17. The van der Waals surface area contributed by atoms with Crippen LogP contribution in [0.1, 0.15) is 30.9 Å². The number of halogens is 1. The van der Waals surface area contributed by atoms with Gasteiger partial charge in [-0.15, -0.1) is 0 Å². The van der Waals surface area contributed by atoms with Gasteiger partial charge in [0.2, 0.25) is 0 Å². The molecule has 1 fully saturated rings. The van der Waals surface area contributed by atoms with Crippen LogP contribution in [-0.2, 0) is 4.74 Å². The molecule has 1 aliphatic carbocycles. The minimum absolute atomic E-state index is 0.0566. The molecule has 0 bridgehead atoms. The first-order valence-electron chi connectivity index (χ1n) is 6.41. The second-order valence-electron chi connectivity index (χ2n) is 4.89. The van der Waals surface area contributed by atoms with Crippen LogP contribution in [0.3, 0.4) is 0 Å². The van der Waals surface area contributed by atoms with E-state index in [0.717, 1.165) is 12.0 Å². The molecular weight excluding hydrogens is 233 g/mol. The molecule has 1 unspecified atom stereocenters. The lowest BCUT2D eigenvalue weighted by molar-refractivity contribution is -0.0613. The largest absolute Gasteiger partial charge is 0.386 e. The highest BCUT2D eigenvalue weighted by atomic mass is 19.1. The molecular formula is C14H20FNO2. The van der Waals surface area contributed by atoms with Gasteiger partial charge < -0.3 is 15.6 Å². The first-order valence-corrected chi connectivity index (χ1v) is 6.41. The van der Waals surface area contributed by atoms with Gasteiger partial charge in [-0.2, -0.15) is 0 Å². The predicted molar refractivity (Wildman–Crippen MR) is 67.9 cm³/mol. The van der Waals surface area contributed by atoms with E-state index in [0.29, 0.717) is 12.8 Å². The lowest BCUT2D eigenvalue weighted by atomic mass is 9.92. The topological polar surface area (TPSA) is 55.5 Å². The Kier molecular flexibility index (Phi) is 4.69. The number of alkyl halides is 1. The molecule has 1 aromatic carbocycles. The highest BCUT2D eigenvalue weighted by Gasteiger charge is 2.29. The summed E-state index contributed by atoms with van der Waals surface area (Å²) in [5.74, 6) is 0. The maximum atomic E-state index is 13.7. The van der Waals surface area contributed by atoms with E-state index >= 15 is 0 Å². The summed E-state index contributed by atoms with van der Waals surface area (Å²) >= 11 is 0. The molecule has 1 aliphatic rings. The monoisotopic (exact) mass is 253 g/mol. The quantitative estimate of drug-likeness (QED) is 0.862. The molecule has 0 saturated heterocycles. The smallest absolute Gasteiger partial charge is 0.128 e. The maximum Gasteiger partial charge on any atom is 0.128 e. The Balaban J connectivity index is 1.81. The molecule has 0 radical (unpaired) electrons. The lowest BCUT2D eigenvalue weighted by Crippen LogP contribution is -2.39. The summed E-state index contributed by atoms with van der Waals surface area (Å²) in [5, 5.41) is 9.92. The molecule has 0 spiro atoms. The lowest BCUT2D eigenvalue weighted by Gasteiger charge is -2.30. The molecule has 100 valence electrons. The van der Waals surface area contributed by atoms with Crippen molar-refractivity contribution in [1.29, 1.82) is 0 Å². The van der Waals surface area contributed by atoms with Crippen molar-refractivity contribution in [3.63, 3.8) is 0 Å². The van der Waals surface area contributed by atoms with Crippen molar-refractivity contribution in [2.75, 3.05) is 6.61 Å². The van der Waals surface area contributed by atoms with E-state index in [2.05, 4.69) is 0 Å². The van der Waals surface area contributed by atoms with E-state index in [4.69, 9.17) is 10.5 Å². The molecule has 0 aliphatic heterocycles. The van der Waals surface area contributed by atoms with Crippen LogP contribution in [0, 0.1) is 0 Å². The number of ether oxygens (including phenoxy) is 1. The Morgan fingerprint density at radius 1 is 1.33 bits per heavy atom. The van der Waals surface area contributed by atoms with Crippen molar-refractivity contribution < 1.29 is 14.2 Å². The van der Waals surface area contributed by atoms with Gasteiger partial charge in [-0.05, 0) is 24.8 Å². The van der Waals surface area contributed by atoms with Crippen LogP contribution in [0.2, 0.25) is 0 Å². The number of aliphatic hydroxyl groups is 1. The zero-order chi connectivity index (χ0) is 13.0. The van der Waals surface area contributed by atoms with Crippen LogP contribution in [0.15, 0.2) is 30.3 Å². The minimum atomic E-state index is -1.02. The minimum Gasteiger partial charge on any atom is -0.386 e. The predicted octanol–water partition coefficient (Wildman–Crippen LogP) is 1.95. The fourth-order valence-electron chi connectivity index (χ4n) is 2.29. The molecule has 0 heterocycles. The second-order valence-corrected chi connectivity index (χ2v) is 4.89. The number of nitrogens with two attached hydrogens (primary N) is 1. The second kappa shape index (κ2) is 6.27. The van der Waals surface area contributed by atoms with Crippen molar-refractivity contribution in [3.8, 4) is 0 Å². The summed E-state index contributed by atoms with van der Waals surface area (Å²) in [7, 11) is 0. The fourth-order valence-corrected chi connectivity index (χ4v) is 2.29. The third kappa shape index (κ3) is 3.51. The Labute approximate surface area is 107 Å². The Bertz CT molecular complexity index is 360. The van der Waals surface area contributed by atoms with Crippen molar-refractivity contribution in [1.82, 2.24) is 0 Å². The van der Waals surface area contributed by atoms with Gasteiger partial charge in [0.05, 0.1) is 12.7 Å². The normalized spacial score (nSPS) is 30.1. The van der Waals surface area contributed by atoms with Gasteiger partial charge in [0.15, 0.2) is 0 Å². The molecule has 1 saturated carbocycles. The molecule has 0 aromatic heterocycles. The summed E-state index contributed by atoms with van der Waals surface area (Å²) < 4.78 is 19.1. The molecule has 0 amide bonds. The van der Waals surface area contributed by atoms with Crippen molar-refractivity contribution in [2.45, 2.75) is 43.7 Å². The van der Waals surface area contributed by atoms with Gasteiger partial charge in [0.25, 0.3) is 0 Å². The molecule has 18 heavy (non-hydrogen) atoms. The standard InChI is InChI=1S/C14H20FNO2/c15-12-8-11(16)6-7-14(12)18-9-13(17)10-4-2-1-3-5-10/h1-5,11-14,17H,6-9,16H2/t11-,12-,13?,14-/m0/s1. The van der Waals surface area contributed by atoms with Crippen molar-refractivity contribution in [2.24, 2.45) is 5.73 Å². The summed E-state index contributed by atoms with van der Waals surface area (Å²) in [6.07, 6.45) is -0.378. The summed E-state index contributed by atoms with van der Waals surface area (Å²) in [6, 6.07) is 9.21. The van der Waals surface area contributed by atoms with Crippen LogP contribution >= 0.6 is 0 Å². The Hall–Kier alpha value is -0.970. The average Bonchev–Trinajstić information content (AvgIpc) is 2.38. The maximum absolute atomic E-state index is 13.7. The number of hydrogen-bond acceptors (Lipinski definition) is 3. The first kappa shape index (κ1) is 13.5. The third-order valence-electron chi connectivity index (χ3n) is 3.41. The van der Waals surface area contributed by atoms with E-state index < -0.39 is 18.4 Å². The number of benzene rings is 1. The number of hydrogen-bond donors (Lipinski definition) is 2. The van der Waals surface area contributed by atoms with Crippen molar-refractivity contribution in [3.05, 3.63) is 35.9 Å². The fraction of sp³-hybridized carbons (Fsp3) is 0.571. The molecule has 4 atom stereocenters. The van der Waals surface area contributed by atoms with Crippen molar-refractivity contribution >= 4 is 0 Å². The summed E-state index contributed by atoms with van der Waals surface area (Å²) in [6.45, 7) is 0.129. The van der Waals surface area contributed by atoms with Crippen LogP contribution in [-0.4, -0.2) is 30.0 Å². The van der Waals surface area contributed by atoms with Gasteiger partial charge in [-0.1, -0.05) is 30.3 Å².